The van der Waals surface area contributed by atoms with Crippen LogP contribution in [0.25, 0.3) is 0 Å². The first-order chi connectivity index (χ1) is 9.04. The van der Waals surface area contributed by atoms with Crippen LogP contribution in [0, 0.1) is 0 Å². The SMILES string of the molecule is CC(C)c1ccc(C[n+]2ccn(CC(=O)O)c2)cc1. The van der Waals surface area contributed by atoms with Gasteiger partial charge in [0, 0.05) is 0 Å². The molecule has 100 valence electrons. The van der Waals surface area contributed by atoms with Gasteiger partial charge in [0.1, 0.15) is 18.9 Å². The molecule has 0 saturated carbocycles. The van der Waals surface area contributed by atoms with Gasteiger partial charge in [-0.25, -0.2) is 13.9 Å². The highest BCUT2D eigenvalue weighted by atomic mass is 16.4. The molecule has 0 aliphatic rings. The fourth-order valence-electron chi connectivity index (χ4n) is 2.00. The molecule has 2 aromatic rings. The van der Waals surface area contributed by atoms with Crippen molar-refractivity contribution in [1.82, 2.24) is 4.57 Å². The maximum absolute atomic E-state index is 10.6. The van der Waals surface area contributed by atoms with E-state index >= 15 is 0 Å². The van der Waals surface area contributed by atoms with Crippen LogP contribution in [-0.2, 0) is 17.9 Å². The standard InChI is InChI=1S/C15H18N2O2/c1-12(2)14-5-3-13(4-6-14)9-16-7-8-17(11-16)10-15(18)19/h3-8,11-12H,9-10H2,1-2H3/p+1. The van der Waals surface area contributed by atoms with Gasteiger partial charge < -0.3 is 5.11 Å². The zero-order valence-corrected chi connectivity index (χ0v) is 11.3. The summed E-state index contributed by atoms with van der Waals surface area (Å²) in [5.74, 6) is -0.289. The third kappa shape index (κ3) is 3.68. The van der Waals surface area contributed by atoms with E-state index in [1.807, 2.05) is 17.1 Å². The van der Waals surface area contributed by atoms with Crippen molar-refractivity contribution in [3.63, 3.8) is 0 Å². The number of carboxylic acid groups (broad SMARTS) is 1. The first kappa shape index (κ1) is 13.3. The molecule has 0 saturated heterocycles. The van der Waals surface area contributed by atoms with Crippen molar-refractivity contribution in [2.24, 2.45) is 0 Å². The average molecular weight is 259 g/mol. The number of hydrogen-bond acceptors (Lipinski definition) is 1. The topological polar surface area (TPSA) is 46.1 Å². The van der Waals surface area contributed by atoms with Crippen molar-refractivity contribution >= 4 is 5.97 Å². The third-order valence-electron chi connectivity index (χ3n) is 3.08. The Bertz CT molecular complexity index is 556. The lowest BCUT2D eigenvalue weighted by Gasteiger charge is -2.05. The summed E-state index contributed by atoms with van der Waals surface area (Å²) in [6, 6.07) is 8.54. The molecular formula is C15H19N2O2+. The zero-order chi connectivity index (χ0) is 13.8. The maximum atomic E-state index is 10.6. The van der Waals surface area contributed by atoms with E-state index in [4.69, 9.17) is 5.11 Å². The number of aliphatic carboxylic acids is 1. The molecule has 0 atom stereocenters. The first-order valence-corrected chi connectivity index (χ1v) is 6.40. The monoisotopic (exact) mass is 259 g/mol. The molecule has 1 heterocycles. The van der Waals surface area contributed by atoms with Crippen LogP contribution >= 0.6 is 0 Å². The average Bonchev–Trinajstić information content (AvgIpc) is 2.76. The summed E-state index contributed by atoms with van der Waals surface area (Å²) in [6.45, 7) is 5.11. The molecule has 1 aromatic heterocycles. The quantitative estimate of drug-likeness (QED) is 0.835. The van der Waals surface area contributed by atoms with Gasteiger partial charge in [-0.05, 0) is 17.0 Å². The van der Waals surface area contributed by atoms with Crippen molar-refractivity contribution in [3.05, 3.63) is 54.1 Å². The molecule has 0 aliphatic carbocycles. The number of carbonyl (C=O) groups is 1. The molecule has 0 spiro atoms. The summed E-state index contributed by atoms with van der Waals surface area (Å²) in [6.07, 6.45) is 5.47. The highest BCUT2D eigenvalue weighted by Crippen LogP contribution is 2.14. The van der Waals surface area contributed by atoms with Gasteiger partial charge in [0.2, 0.25) is 6.33 Å². The van der Waals surface area contributed by atoms with Crippen LogP contribution < -0.4 is 4.57 Å². The van der Waals surface area contributed by atoms with E-state index in [0.29, 0.717) is 5.92 Å². The van der Waals surface area contributed by atoms with E-state index in [0.717, 1.165) is 6.54 Å². The lowest BCUT2D eigenvalue weighted by atomic mass is 10.0. The summed E-state index contributed by atoms with van der Waals surface area (Å²) >= 11 is 0. The van der Waals surface area contributed by atoms with Crippen LogP contribution in [0.3, 0.4) is 0 Å². The van der Waals surface area contributed by atoms with Gasteiger partial charge in [0.25, 0.3) is 0 Å². The van der Waals surface area contributed by atoms with E-state index in [-0.39, 0.29) is 6.54 Å². The Balaban J connectivity index is 2.04. The molecule has 19 heavy (non-hydrogen) atoms. The molecule has 0 radical (unpaired) electrons. The summed E-state index contributed by atoms with van der Waals surface area (Å²) in [5, 5.41) is 8.72. The Morgan fingerprint density at radius 1 is 1.32 bits per heavy atom. The van der Waals surface area contributed by atoms with Crippen LogP contribution in [0.2, 0.25) is 0 Å². The van der Waals surface area contributed by atoms with Crippen molar-refractivity contribution in [1.29, 1.82) is 0 Å². The van der Waals surface area contributed by atoms with Crippen LogP contribution in [0.15, 0.2) is 43.0 Å². The number of rotatable bonds is 5. The van der Waals surface area contributed by atoms with Gasteiger partial charge in [-0.15, -0.1) is 0 Å². The van der Waals surface area contributed by atoms with Crippen molar-refractivity contribution in [2.45, 2.75) is 32.9 Å². The summed E-state index contributed by atoms with van der Waals surface area (Å²) in [4.78, 5) is 10.6. The summed E-state index contributed by atoms with van der Waals surface area (Å²) in [5.41, 5.74) is 2.54. The molecular weight excluding hydrogens is 240 g/mol. The summed E-state index contributed by atoms with van der Waals surface area (Å²) < 4.78 is 3.64. The van der Waals surface area contributed by atoms with Crippen LogP contribution in [0.5, 0.6) is 0 Å². The van der Waals surface area contributed by atoms with E-state index in [1.165, 1.54) is 11.1 Å². The normalized spacial score (nSPS) is 10.9. The molecule has 0 unspecified atom stereocenters. The van der Waals surface area contributed by atoms with Crippen LogP contribution in [0.4, 0.5) is 0 Å². The Kier molecular flexibility index (Phi) is 4.00. The number of aromatic nitrogens is 2. The van der Waals surface area contributed by atoms with E-state index in [9.17, 15) is 4.79 Å². The fourth-order valence-corrected chi connectivity index (χ4v) is 2.00. The van der Waals surface area contributed by atoms with Crippen LogP contribution in [-0.4, -0.2) is 15.6 Å². The molecule has 0 bridgehead atoms. The second-order valence-corrected chi connectivity index (χ2v) is 5.05. The number of imidazole rings is 1. The number of hydrogen-bond donors (Lipinski definition) is 1. The molecule has 4 nitrogen and oxygen atoms in total. The highest BCUT2D eigenvalue weighted by Gasteiger charge is 2.08. The molecule has 0 aliphatic heterocycles. The third-order valence-corrected chi connectivity index (χ3v) is 3.08. The van der Waals surface area contributed by atoms with Gasteiger partial charge in [0.05, 0.1) is 0 Å². The van der Waals surface area contributed by atoms with Gasteiger partial charge in [-0.3, -0.25) is 0 Å². The first-order valence-electron chi connectivity index (χ1n) is 6.40. The molecule has 1 aromatic carbocycles. The molecule has 4 heteroatoms. The largest absolute Gasteiger partial charge is 0.478 e. The van der Waals surface area contributed by atoms with Crippen molar-refractivity contribution in [3.8, 4) is 0 Å². The lowest BCUT2D eigenvalue weighted by molar-refractivity contribution is -0.687. The van der Waals surface area contributed by atoms with Crippen molar-refractivity contribution < 1.29 is 14.5 Å². The van der Waals surface area contributed by atoms with Gasteiger partial charge >= 0.3 is 5.97 Å². The number of nitrogens with zero attached hydrogens (tertiary/aromatic N) is 2. The Morgan fingerprint density at radius 3 is 2.58 bits per heavy atom. The minimum absolute atomic E-state index is 0.000707. The summed E-state index contributed by atoms with van der Waals surface area (Å²) in [7, 11) is 0. The maximum Gasteiger partial charge on any atom is 0.346 e. The molecule has 0 fully saturated rings. The minimum atomic E-state index is -0.830. The van der Waals surface area contributed by atoms with Gasteiger partial charge in [-0.2, -0.15) is 0 Å². The zero-order valence-electron chi connectivity index (χ0n) is 11.3. The second-order valence-electron chi connectivity index (χ2n) is 5.05. The van der Waals surface area contributed by atoms with Crippen LogP contribution in [0.1, 0.15) is 30.9 Å². The van der Waals surface area contributed by atoms with Gasteiger partial charge in [-0.1, -0.05) is 38.1 Å². The Hall–Kier alpha value is -2.10. The lowest BCUT2D eigenvalue weighted by Crippen LogP contribution is -2.31. The highest BCUT2D eigenvalue weighted by molar-refractivity contribution is 5.66. The smallest absolute Gasteiger partial charge is 0.346 e. The fraction of sp³-hybridized carbons (Fsp3) is 0.333. The molecule has 1 N–H and O–H groups in total. The predicted octanol–water partition coefficient (Wildman–Crippen LogP) is 2.03. The van der Waals surface area contributed by atoms with Crippen molar-refractivity contribution in [2.75, 3.05) is 0 Å². The minimum Gasteiger partial charge on any atom is -0.478 e. The number of benzene rings is 1. The Morgan fingerprint density at radius 2 is 2.00 bits per heavy atom. The van der Waals surface area contributed by atoms with E-state index in [1.54, 1.807) is 10.8 Å². The predicted molar refractivity (Wildman–Crippen MR) is 71.9 cm³/mol. The van der Waals surface area contributed by atoms with E-state index in [2.05, 4.69) is 38.1 Å². The Labute approximate surface area is 112 Å². The molecule has 0 amide bonds. The molecule has 2 rings (SSSR count). The second kappa shape index (κ2) is 5.69. The van der Waals surface area contributed by atoms with E-state index < -0.39 is 5.97 Å². The van der Waals surface area contributed by atoms with Gasteiger partial charge in [0.15, 0.2) is 6.54 Å². The number of carboxylic acids is 1.